The van der Waals surface area contributed by atoms with E-state index in [0.717, 1.165) is 33.7 Å². The monoisotopic (exact) mass is 262 g/mol. The van der Waals surface area contributed by atoms with Gasteiger partial charge in [0.05, 0.1) is 12.5 Å². The molecule has 0 saturated heterocycles. The Morgan fingerprint density at radius 2 is 1.90 bits per heavy atom. The lowest BCUT2D eigenvalue weighted by Gasteiger charge is -2.05. The molecule has 0 amide bonds. The van der Waals surface area contributed by atoms with Gasteiger partial charge in [-0.1, -0.05) is 18.2 Å². The fourth-order valence-corrected chi connectivity index (χ4v) is 2.36. The van der Waals surface area contributed by atoms with Crippen LogP contribution >= 0.6 is 0 Å². The van der Waals surface area contributed by atoms with Gasteiger partial charge >= 0.3 is 0 Å². The second-order valence-electron chi connectivity index (χ2n) is 4.69. The lowest BCUT2D eigenvalue weighted by Crippen LogP contribution is -1.85. The Morgan fingerprint density at radius 1 is 1.10 bits per heavy atom. The van der Waals surface area contributed by atoms with Crippen molar-refractivity contribution in [2.75, 3.05) is 0 Å². The fourth-order valence-electron chi connectivity index (χ4n) is 2.36. The Morgan fingerprint density at radius 3 is 2.65 bits per heavy atom. The summed E-state index contributed by atoms with van der Waals surface area (Å²) in [4.78, 5) is 3.30. The quantitative estimate of drug-likeness (QED) is 0.763. The van der Waals surface area contributed by atoms with Gasteiger partial charge in [-0.2, -0.15) is 5.26 Å². The van der Waals surface area contributed by atoms with E-state index in [9.17, 15) is 0 Å². The summed E-state index contributed by atoms with van der Waals surface area (Å²) < 4.78 is 5.83. The Labute approximate surface area is 117 Å². The average Bonchev–Trinajstić information content (AvgIpc) is 2.77. The third-order valence-corrected chi connectivity index (χ3v) is 3.33. The van der Waals surface area contributed by atoms with Crippen LogP contribution in [-0.4, -0.2) is 4.98 Å². The van der Waals surface area contributed by atoms with Gasteiger partial charge in [-0.25, -0.2) is 0 Å². The summed E-state index contributed by atoms with van der Waals surface area (Å²) in [6.45, 7) is 1.99. The number of H-pyrrole nitrogens is 1. The van der Waals surface area contributed by atoms with Crippen molar-refractivity contribution in [2.24, 2.45) is 0 Å². The third kappa shape index (κ3) is 2.24. The molecular formula is C17H14N2O. The standard InChI is InChI=1S/C17H14N2O/c1-12-15(9-10-18)16-11-14(7-8-17(16)19-12)20-13-5-3-2-4-6-13/h2-8,11,19H,9H2,1H3. The highest BCUT2D eigenvalue weighted by Gasteiger charge is 2.09. The molecule has 3 heteroatoms. The summed E-state index contributed by atoms with van der Waals surface area (Å²) in [7, 11) is 0. The fraction of sp³-hybridized carbons (Fsp3) is 0.118. The number of nitrogens with zero attached hydrogens (tertiary/aromatic N) is 1. The Balaban J connectivity index is 2.02. The van der Waals surface area contributed by atoms with Crippen LogP contribution in [-0.2, 0) is 6.42 Å². The lowest BCUT2D eigenvalue weighted by atomic mass is 10.1. The van der Waals surface area contributed by atoms with Gasteiger partial charge in [0.2, 0.25) is 0 Å². The summed E-state index contributed by atoms with van der Waals surface area (Å²) in [5.41, 5.74) is 3.12. The summed E-state index contributed by atoms with van der Waals surface area (Å²) in [6, 6.07) is 17.8. The number of fused-ring (bicyclic) bond motifs is 1. The average molecular weight is 262 g/mol. The topological polar surface area (TPSA) is 48.8 Å². The van der Waals surface area contributed by atoms with Crippen molar-refractivity contribution in [1.82, 2.24) is 4.98 Å². The minimum atomic E-state index is 0.403. The van der Waals surface area contributed by atoms with E-state index in [2.05, 4.69) is 11.1 Å². The van der Waals surface area contributed by atoms with Crippen LogP contribution in [0.15, 0.2) is 48.5 Å². The number of aromatic amines is 1. The van der Waals surface area contributed by atoms with Crippen LogP contribution in [0, 0.1) is 18.3 Å². The van der Waals surface area contributed by atoms with Crippen molar-refractivity contribution in [3.63, 3.8) is 0 Å². The Kier molecular flexibility index (Phi) is 3.14. The predicted octanol–water partition coefficient (Wildman–Crippen LogP) is 4.33. The van der Waals surface area contributed by atoms with Gasteiger partial charge in [-0.05, 0) is 42.8 Å². The molecule has 3 aromatic rings. The van der Waals surface area contributed by atoms with E-state index in [0.29, 0.717) is 6.42 Å². The molecule has 0 fully saturated rings. The van der Waals surface area contributed by atoms with Crippen molar-refractivity contribution < 1.29 is 4.74 Å². The van der Waals surface area contributed by atoms with Gasteiger partial charge in [0.25, 0.3) is 0 Å². The molecule has 0 aliphatic rings. The molecule has 1 heterocycles. The molecule has 0 aliphatic heterocycles. The van der Waals surface area contributed by atoms with Crippen LogP contribution in [0.5, 0.6) is 11.5 Å². The highest BCUT2D eigenvalue weighted by atomic mass is 16.5. The zero-order valence-electron chi connectivity index (χ0n) is 11.2. The molecule has 3 rings (SSSR count). The number of para-hydroxylation sites is 1. The number of hydrogen-bond acceptors (Lipinski definition) is 2. The molecule has 0 bridgehead atoms. The number of nitrogens with one attached hydrogen (secondary N) is 1. The van der Waals surface area contributed by atoms with Gasteiger partial charge < -0.3 is 9.72 Å². The normalized spacial score (nSPS) is 10.4. The molecule has 1 aromatic heterocycles. The second kappa shape index (κ2) is 5.10. The number of nitriles is 1. The Hall–Kier alpha value is -2.73. The first kappa shape index (κ1) is 12.3. The smallest absolute Gasteiger partial charge is 0.128 e. The molecular weight excluding hydrogens is 248 g/mol. The van der Waals surface area contributed by atoms with Crippen molar-refractivity contribution in [3.05, 3.63) is 59.8 Å². The molecule has 0 radical (unpaired) electrons. The summed E-state index contributed by atoms with van der Waals surface area (Å²) in [5.74, 6) is 1.59. The molecule has 0 spiro atoms. The maximum absolute atomic E-state index is 8.93. The van der Waals surface area contributed by atoms with E-state index in [1.165, 1.54) is 0 Å². The van der Waals surface area contributed by atoms with Crippen LogP contribution in [0.2, 0.25) is 0 Å². The summed E-state index contributed by atoms with van der Waals surface area (Å²) in [6.07, 6.45) is 0.403. The molecule has 1 N–H and O–H groups in total. The van der Waals surface area contributed by atoms with Gasteiger partial charge in [-0.15, -0.1) is 0 Å². The van der Waals surface area contributed by atoms with Crippen molar-refractivity contribution in [3.8, 4) is 17.6 Å². The number of aromatic nitrogens is 1. The summed E-state index contributed by atoms with van der Waals surface area (Å²) in [5, 5.41) is 9.98. The molecule has 20 heavy (non-hydrogen) atoms. The van der Waals surface area contributed by atoms with Crippen LogP contribution in [0.3, 0.4) is 0 Å². The number of rotatable bonds is 3. The number of ether oxygens (including phenoxy) is 1. The van der Waals surface area contributed by atoms with E-state index in [4.69, 9.17) is 10.00 Å². The van der Waals surface area contributed by atoms with E-state index >= 15 is 0 Å². The summed E-state index contributed by atoms with van der Waals surface area (Å²) >= 11 is 0. The third-order valence-electron chi connectivity index (χ3n) is 3.33. The first-order valence-electron chi connectivity index (χ1n) is 6.49. The zero-order chi connectivity index (χ0) is 13.9. The maximum atomic E-state index is 8.93. The largest absolute Gasteiger partial charge is 0.457 e. The first-order valence-corrected chi connectivity index (χ1v) is 6.49. The number of hydrogen-bond donors (Lipinski definition) is 1. The maximum Gasteiger partial charge on any atom is 0.128 e. The molecule has 0 unspecified atom stereocenters. The van der Waals surface area contributed by atoms with Gasteiger partial charge in [0.15, 0.2) is 0 Å². The van der Waals surface area contributed by atoms with Crippen LogP contribution < -0.4 is 4.74 Å². The predicted molar refractivity (Wildman–Crippen MR) is 78.9 cm³/mol. The molecule has 0 atom stereocenters. The molecule has 0 saturated carbocycles. The van der Waals surface area contributed by atoms with E-state index in [1.807, 2.05) is 55.5 Å². The van der Waals surface area contributed by atoms with Crippen LogP contribution in [0.1, 0.15) is 11.3 Å². The highest BCUT2D eigenvalue weighted by Crippen LogP contribution is 2.29. The zero-order valence-corrected chi connectivity index (χ0v) is 11.2. The van der Waals surface area contributed by atoms with Crippen molar-refractivity contribution in [2.45, 2.75) is 13.3 Å². The van der Waals surface area contributed by atoms with Crippen LogP contribution in [0.25, 0.3) is 10.9 Å². The SMILES string of the molecule is Cc1[nH]c2ccc(Oc3ccccc3)cc2c1CC#N. The van der Waals surface area contributed by atoms with Crippen molar-refractivity contribution in [1.29, 1.82) is 5.26 Å². The number of aryl methyl sites for hydroxylation is 1. The molecule has 0 aliphatic carbocycles. The highest BCUT2D eigenvalue weighted by molar-refractivity contribution is 5.86. The van der Waals surface area contributed by atoms with Gasteiger partial charge in [-0.3, -0.25) is 0 Å². The minimum Gasteiger partial charge on any atom is -0.457 e. The number of benzene rings is 2. The lowest BCUT2D eigenvalue weighted by molar-refractivity contribution is 0.483. The van der Waals surface area contributed by atoms with Gasteiger partial charge in [0, 0.05) is 16.6 Å². The first-order chi connectivity index (χ1) is 9.78. The van der Waals surface area contributed by atoms with E-state index in [1.54, 1.807) is 0 Å². The van der Waals surface area contributed by atoms with Gasteiger partial charge in [0.1, 0.15) is 11.5 Å². The molecule has 2 aromatic carbocycles. The molecule has 3 nitrogen and oxygen atoms in total. The van der Waals surface area contributed by atoms with E-state index < -0.39 is 0 Å². The second-order valence-corrected chi connectivity index (χ2v) is 4.69. The van der Waals surface area contributed by atoms with Crippen molar-refractivity contribution >= 4 is 10.9 Å². The minimum absolute atomic E-state index is 0.403. The van der Waals surface area contributed by atoms with E-state index in [-0.39, 0.29) is 0 Å². The van der Waals surface area contributed by atoms with Crippen LogP contribution in [0.4, 0.5) is 0 Å². The molecule has 98 valence electrons. The Bertz CT molecular complexity index is 782.